The van der Waals surface area contributed by atoms with Crippen LogP contribution in [-0.2, 0) is 21.2 Å². The van der Waals surface area contributed by atoms with Crippen LogP contribution in [0, 0.1) is 0 Å². The van der Waals surface area contributed by atoms with E-state index in [-0.39, 0.29) is 5.91 Å². The summed E-state index contributed by atoms with van der Waals surface area (Å²) in [6.45, 7) is 2.83. The lowest BCUT2D eigenvalue weighted by Gasteiger charge is -2.27. The van der Waals surface area contributed by atoms with Crippen molar-refractivity contribution in [2.75, 3.05) is 33.3 Å². The van der Waals surface area contributed by atoms with Gasteiger partial charge in [0.2, 0.25) is 15.9 Å². The summed E-state index contributed by atoms with van der Waals surface area (Å²) in [7, 11) is -1.91. The van der Waals surface area contributed by atoms with Gasteiger partial charge in [-0.3, -0.25) is 4.79 Å². The van der Waals surface area contributed by atoms with Crippen LogP contribution in [-0.4, -0.2) is 56.8 Å². The summed E-state index contributed by atoms with van der Waals surface area (Å²) in [4.78, 5) is 14.7. The van der Waals surface area contributed by atoms with Crippen molar-refractivity contribution in [3.05, 3.63) is 23.8 Å². The molecular weight excluding hydrogens is 364 g/mol. The van der Waals surface area contributed by atoms with Crippen molar-refractivity contribution >= 4 is 15.9 Å². The van der Waals surface area contributed by atoms with Gasteiger partial charge in [0.1, 0.15) is 5.75 Å². The maximum Gasteiger partial charge on any atom is 0.243 e. The highest BCUT2D eigenvalue weighted by Gasteiger charge is 2.27. The predicted molar refractivity (Wildman–Crippen MR) is 104 cm³/mol. The van der Waals surface area contributed by atoms with Crippen LogP contribution in [0.5, 0.6) is 5.75 Å². The van der Waals surface area contributed by atoms with E-state index in [9.17, 15) is 13.2 Å². The maximum absolute atomic E-state index is 12.9. The molecule has 0 N–H and O–H groups in total. The molecule has 2 fully saturated rings. The van der Waals surface area contributed by atoms with Gasteiger partial charge in [0, 0.05) is 32.6 Å². The molecule has 2 aliphatic rings. The lowest BCUT2D eigenvalue weighted by atomic mass is 10.1. The maximum atomic E-state index is 12.9. The zero-order valence-electron chi connectivity index (χ0n) is 16.2. The Balaban J connectivity index is 1.74. The average molecular weight is 395 g/mol. The average Bonchev–Trinajstić information content (AvgIpc) is 2.73. The Morgan fingerprint density at radius 3 is 2.26 bits per heavy atom. The third-order valence-corrected chi connectivity index (χ3v) is 7.42. The lowest BCUT2D eigenvalue weighted by molar-refractivity contribution is -0.132. The molecular formula is C20H30N2O4S. The SMILES string of the molecule is COc1ccc(S(=O)(=O)N2CCCCC2)cc1CCC(=O)N1CCCCC1. The van der Waals surface area contributed by atoms with Gasteiger partial charge in [-0.05, 0) is 62.3 Å². The second kappa shape index (κ2) is 9.06. The van der Waals surface area contributed by atoms with Gasteiger partial charge in [-0.2, -0.15) is 4.31 Å². The van der Waals surface area contributed by atoms with Crippen molar-refractivity contribution in [2.45, 2.75) is 56.3 Å². The summed E-state index contributed by atoms with van der Waals surface area (Å²) in [6, 6.07) is 5.00. The number of carbonyl (C=O) groups excluding carboxylic acids is 1. The van der Waals surface area contributed by atoms with Gasteiger partial charge in [0.15, 0.2) is 0 Å². The number of methoxy groups -OCH3 is 1. The molecule has 0 aliphatic carbocycles. The molecule has 27 heavy (non-hydrogen) atoms. The fraction of sp³-hybridized carbons (Fsp3) is 0.650. The number of aryl methyl sites for hydroxylation is 1. The number of amides is 1. The van der Waals surface area contributed by atoms with Crippen molar-refractivity contribution in [3.63, 3.8) is 0 Å². The molecule has 3 rings (SSSR count). The first-order valence-electron chi connectivity index (χ1n) is 9.97. The Bertz CT molecular complexity index is 751. The Kier molecular flexibility index (Phi) is 6.76. The van der Waals surface area contributed by atoms with Gasteiger partial charge in [-0.1, -0.05) is 6.42 Å². The highest BCUT2D eigenvalue weighted by molar-refractivity contribution is 7.89. The summed E-state index contributed by atoms with van der Waals surface area (Å²) >= 11 is 0. The number of nitrogens with zero attached hydrogens (tertiary/aromatic N) is 2. The molecule has 0 spiro atoms. The highest BCUT2D eigenvalue weighted by atomic mass is 32.2. The lowest BCUT2D eigenvalue weighted by Crippen LogP contribution is -2.36. The molecule has 1 amide bonds. The predicted octanol–water partition coefficient (Wildman–Crippen LogP) is 2.81. The van der Waals surface area contributed by atoms with Crippen molar-refractivity contribution in [1.29, 1.82) is 0 Å². The van der Waals surface area contributed by atoms with E-state index < -0.39 is 10.0 Å². The minimum absolute atomic E-state index is 0.140. The van der Waals surface area contributed by atoms with Crippen LogP contribution in [0.15, 0.2) is 23.1 Å². The van der Waals surface area contributed by atoms with E-state index >= 15 is 0 Å². The van der Waals surface area contributed by atoms with E-state index in [2.05, 4.69) is 0 Å². The standard InChI is InChI=1S/C20H30N2O4S/c1-26-19-10-9-18(27(24,25)22-14-6-3-7-15-22)16-17(19)8-11-20(23)21-12-4-2-5-13-21/h9-10,16H,2-8,11-15H2,1H3. The molecule has 6 nitrogen and oxygen atoms in total. The third kappa shape index (κ3) is 4.82. The third-order valence-electron chi connectivity index (χ3n) is 5.52. The number of carbonyl (C=O) groups is 1. The minimum atomic E-state index is -3.49. The van der Waals surface area contributed by atoms with Gasteiger partial charge in [0.25, 0.3) is 0 Å². The zero-order chi connectivity index (χ0) is 19.3. The van der Waals surface area contributed by atoms with E-state index in [1.807, 2.05) is 4.90 Å². The van der Waals surface area contributed by atoms with E-state index in [1.165, 1.54) is 6.42 Å². The minimum Gasteiger partial charge on any atom is -0.496 e. The zero-order valence-corrected chi connectivity index (χ0v) is 17.0. The molecule has 1 aromatic carbocycles. The molecule has 150 valence electrons. The first-order valence-corrected chi connectivity index (χ1v) is 11.4. The van der Waals surface area contributed by atoms with Crippen LogP contribution in [0.2, 0.25) is 0 Å². The van der Waals surface area contributed by atoms with Crippen LogP contribution in [0.1, 0.15) is 50.5 Å². The first-order chi connectivity index (χ1) is 13.0. The largest absolute Gasteiger partial charge is 0.496 e. The van der Waals surface area contributed by atoms with E-state index in [0.29, 0.717) is 36.6 Å². The second-order valence-corrected chi connectivity index (χ2v) is 9.32. The molecule has 2 saturated heterocycles. The van der Waals surface area contributed by atoms with E-state index in [0.717, 1.165) is 50.8 Å². The monoisotopic (exact) mass is 394 g/mol. The Morgan fingerprint density at radius 1 is 1.00 bits per heavy atom. The molecule has 2 aliphatic heterocycles. The number of sulfonamides is 1. The number of benzene rings is 1. The normalized spacial score (nSPS) is 19.1. The van der Waals surface area contributed by atoms with Gasteiger partial charge in [-0.25, -0.2) is 8.42 Å². The van der Waals surface area contributed by atoms with Crippen LogP contribution in [0.3, 0.4) is 0 Å². The number of ether oxygens (including phenoxy) is 1. The van der Waals surface area contributed by atoms with Gasteiger partial charge < -0.3 is 9.64 Å². The number of likely N-dealkylation sites (tertiary alicyclic amines) is 1. The van der Waals surface area contributed by atoms with Crippen molar-refractivity contribution in [2.24, 2.45) is 0 Å². The summed E-state index contributed by atoms with van der Waals surface area (Å²) in [6.07, 6.45) is 7.09. The fourth-order valence-electron chi connectivity index (χ4n) is 3.91. The Morgan fingerprint density at radius 2 is 1.63 bits per heavy atom. The molecule has 2 heterocycles. The summed E-state index contributed by atoms with van der Waals surface area (Å²) in [5.74, 6) is 0.778. The quantitative estimate of drug-likeness (QED) is 0.744. The van der Waals surface area contributed by atoms with Crippen LogP contribution in [0.4, 0.5) is 0 Å². The Hall–Kier alpha value is -1.60. The molecule has 0 radical (unpaired) electrons. The van der Waals surface area contributed by atoms with Crippen molar-refractivity contribution < 1.29 is 17.9 Å². The second-order valence-electron chi connectivity index (χ2n) is 7.38. The molecule has 0 bridgehead atoms. The van der Waals surface area contributed by atoms with Crippen molar-refractivity contribution in [3.8, 4) is 5.75 Å². The molecule has 0 unspecified atom stereocenters. The van der Waals surface area contributed by atoms with E-state index in [4.69, 9.17) is 4.74 Å². The van der Waals surface area contributed by atoms with Crippen molar-refractivity contribution in [1.82, 2.24) is 9.21 Å². The van der Waals surface area contributed by atoms with Crippen LogP contribution < -0.4 is 4.74 Å². The number of rotatable bonds is 6. The first kappa shape index (κ1) is 20.1. The number of piperidine rings is 2. The molecule has 0 atom stereocenters. The Labute approximate surface area is 162 Å². The molecule has 0 aromatic heterocycles. The fourth-order valence-corrected chi connectivity index (χ4v) is 5.48. The summed E-state index contributed by atoms with van der Waals surface area (Å²) in [5.41, 5.74) is 0.779. The highest BCUT2D eigenvalue weighted by Crippen LogP contribution is 2.27. The van der Waals surface area contributed by atoms with Gasteiger partial charge in [-0.15, -0.1) is 0 Å². The topological polar surface area (TPSA) is 66.9 Å². The molecule has 1 aromatic rings. The summed E-state index contributed by atoms with van der Waals surface area (Å²) < 4.78 is 32.8. The molecule has 0 saturated carbocycles. The number of hydrogen-bond donors (Lipinski definition) is 0. The smallest absolute Gasteiger partial charge is 0.243 e. The van der Waals surface area contributed by atoms with Crippen LogP contribution >= 0.6 is 0 Å². The van der Waals surface area contributed by atoms with Crippen LogP contribution in [0.25, 0.3) is 0 Å². The van der Waals surface area contributed by atoms with E-state index in [1.54, 1.807) is 29.6 Å². The number of hydrogen-bond acceptors (Lipinski definition) is 4. The summed E-state index contributed by atoms with van der Waals surface area (Å²) in [5, 5.41) is 0. The van der Waals surface area contributed by atoms with Gasteiger partial charge in [0.05, 0.1) is 12.0 Å². The van der Waals surface area contributed by atoms with Gasteiger partial charge >= 0.3 is 0 Å². The molecule has 7 heteroatoms.